The van der Waals surface area contributed by atoms with Gasteiger partial charge in [-0.25, -0.2) is 0 Å². The van der Waals surface area contributed by atoms with E-state index in [2.05, 4.69) is 22.3 Å². The van der Waals surface area contributed by atoms with Gasteiger partial charge in [-0.1, -0.05) is 0 Å². The van der Waals surface area contributed by atoms with Crippen LogP contribution in [0.4, 0.5) is 8.78 Å². The predicted octanol–water partition coefficient (Wildman–Crippen LogP) is 2.16. The lowest BCUT2D eigenvalue weighted by atomic mass is 10.0. The number of hydrogen-bond donors (Lipinski definition) is 2. The largest absolute Gasteiger partial charge is 0.435 e. The highest BCUT2D eigenvalue weighted by atomic mass is 19.3. The number of rotatable bonds is 4. The molecule has 2 atom stereocenters. The summed E-state index contributed by atoms with van der Waals surface area (Å²) in [5.74, 6) is -0.139. The Morgan fingerprint density at radius 3 is 2.70 bits per heavy atom. The molecule has 20 heavy (non-hydrogen) atoms. The van der Waals surface area contributed by atoms with Crippen LogP contribution in [-0.2, 0) is 0 Å². The highest BCUT2D eigenvalue weighted by Crippen LogP contribution is 2.15. The molecule has 0 radical (unpaired) electrons. The van der Waals surface area contributed by atoms with Gasteiger partial charge in [0, 0.05) is 17.6 Å². The molecule has 1 aromatic carbocycles. The van der Waals surface area contributed by atoms with Crippen LogP contribution in [0.15, 0.2) is 24.3 Å². The topological polar surface area (TPSA) is 50.4 Å². The Balaban J connectivity index is 1.91. The smallest absolute Gasteiger partial charge is 0.387 e. The number of carbonyl (C=O) groups excluding carboxylic acids is 1. The van der Waals surface area contributed by atoms with Crippen molar-refractivity contribution in [2.45, 2.75) is 38.5 Å². The van der Waals surface area contributed by atoms with Gasteiger partial charge in [-0.2, -0.15) is 8.78 Å². The highest BCUT2D eigenvalue weighted by molar-refractivity contribution is 5.94. The molecule has 2 rings (SSSR count). The average Bonchev–Trinajstić information content (AvgIpc) is 2.38. The summed E-state index contributed by atoms with van der Waals surface area (Å²) in [6.45, 7) is 0.105. The summed E-state index contributed by atoms with van der Waals surface area (Å²) in [5.41, 5.74) is 0.442. The minimum Gasteiger partial charge on any atom is -0.435 e. The molecule has 4 nitrogen and oxygen atoms in total. The molecular weight excluding hydrogens is 266 g/mol. The molecule has 1 saturated heterocycles. The van der Waals surface area contributed by atoms with Crippen molar-refractivity contribution in [1.29, 1.82) is 0 Å². The number of amides is 1. The van der Waals surface area contributed by atoms with Crippen LogP contribution in [0.1, 0.15) is 30.1 Å². The maximum absolute atomic E-state index is 12.0. The summed E-state index contributed by atoms with van der Waals surface area (Å²) in [4.78, 5) is 12.0. The monoisotopic (exact) mass is 284 g/mol. The van der Waals surface area contributed by atoms with Gasteiger partial charge in [0.25, 0.3) is 5.91 Å². The number of ether oxygens (including phenoxy) is 1. The van der Waals surface area contributed by atoms with Gasteiger partial charge >= 0.3 is 6.61 Å². The summed E-state index contributed by atoms with van der Waals surface area (Å²) >= 11 is 0. The molecule has 0 spiro atoms. The van der Waals surface area contributed by atoms with E-state index in [0.717, 1.165) is 19.4 Å². The number of carbonyl (C=O) groups is 1. The second kappa shape index (κ2) is 6.65. The van der Waals surface area contributed by atoms with Gasteiger partial charge in [-0.05, 0) is 50.6 Å². The number of halogens is 2. The van der Waals surface area contributed by atoms with Gasteiger partial charge in [0.15, 0.2) is 0 Å². The first-order valence-electron chi connectivity index (χ1n) is 6.63. The van der Waals surface area contributed by atoms with Crippen molar-refractivity contribution in [3.05, 3.63) is 29.8 Å². The lowest BCUT2D eigenvalue weighted by Gasteiger charge is -2.28. The van der Waals surface area contributed by atoms with Crippen molar-refractivity contribution in [3.63, 3.8) is 0 Å². The highest BCUT2D eigenvalue weighted by Gasteiger charge is 2.20. The van der Waals surface area contributed by atoms with Crippen LogP contribution in [0, 0.1) is 0 Å². The molecule has 0 saturated carbocycles. The Morgan fingerprint density at radius 1 is 1.40 bits per heavy atom. The zero-order valence-electron chi connectivity index (χ0n) is 11.2. The van der Waals surface area contributed by atoms with Crippen LogP contribution < -0.4 is 15.4 Å². The quantitative estimate of drug-likeness (QED) is 0.891. The second-order valence-electron chi connectivity index (χ2n) is 4.95. The molecule has 1 aromatic rings. The van der Waals surface area contributed by atoms with E-state index in [0.29, 0.717) is 11.6 Å². The van der Waals surface area contributed by atoms with Crippen LogP contribution in [0.5, 0.6) is 5.75 Å². The molecule has 0 aliphatic carbocycles. The minimum atomic E-state index is -2.86. The van der Waals surface area contributed by atoms with E-state index in [1.165, 1.54) is 24.3 Å². The standard InChI is InChI=1S/C14H18F2N2O2/c1-9-8-11(6-7-17-9)18-13(19)10-2-4-12(5-3-10)20-14(15)16/h2-5,9,11,14,17H,6-8H2,1H3,(H,18,19). The maximum Gasteiger partial charge on any atom is 0.387 e. The van der Waals surface area contributed by atoms with Crippen LogP contribution in [0.2, 0.25) is 0 Å². The molecule has 0 bridgehead atoms. The molecule has 1 heterocycles. The molecule has 1 aliphatic rings. The summed E-state index contributed by atoms with van der Waals surface area (Å²) in [7, 11) is 0. The van der Waals surface area contributed by atoms with Gasteiger partial charge in [-0.3, -0.25) is 4.79 Å². The summed E-state index contributed by atoms with van der Waals surface area (Å²) in [6.07, 6.45) is 1.78. The Hall–Kier alpha value is -1.69. The molecule has 1 aliphatic heterocycles. The first-order valence-corrected chi connectivity index (χ1v) is 6.63. The Morgan fingerprint density at radius 2 is 2.10 bits per heavy atom. The van der Waals surface area contributed by atoms with E-state index in [4.69, 9.17) is 0 Å². The third-order valence-electron chi connectivity index (χ3n) is 3.30. The molecule has 2 unspecified atom stereocenters. The molecule has 6 heteroatoms. The summed E-state index contributed by atoms with van der Waals surface area (Å²) < 4.78 is 28.3. The van der Waals surface area contributed by atoms with Crippen molar-refractivity contribution in [1.82, 2.24) is 10.6 Å². The molecular formula is C14H18F2N2O2. The van der Waals surface area contributed by atoms with E-state index < -0.39 is 6.61 Å². The van der Waals surface area contributed by atoms with Gasteiger partial charge < -0.3 is 15.4 Å². The molecule has 110 valence electrons. The summed E-state index contributed by atoms with van der Waals surface area (Å²) in [5, 5.41) is 6.27. The van der Waals surface area contributed by atoms with E-state index in [1.807, 2.05) is 0 Å². The molecule has 0 aromatic heterocycles. The third-order valence-corrected chi connectivity index (χ3v) is 3.30. The van der Waals surface area contributed by atoms with Gasteiger partial charge in [0.05, 0.1) is 0 Å². The Kier molecular flexibility index (Phi) is 4.89. The Labute approximate surface area is 116 Å². The van der Waals surface area contributed by atoms with E-state index >= 15 is 0 Å². The summed E-state index contributed by atoms with van der Waals surface area (Å²) in [6, 6.07) is 6.24. The van der Waals surface area contributed by atoms with Crippen LogP contribution in [0.3, 0.4) is 0 Å². The number of benzene rings is 1. The fraction of sp³-hybridized carbons (Fsp3) is 0.500. The first kappa shape index (κ1) is 14.7. The van der Waals surface area contributed by atoms with Gasteiger partial charge in [-0.15, -0.1) is 0 Å². The van der Waals surface area contributed by atoms with Crippen LogP contribution in [0.25, 0.3) is 0 Å². The Bertz CT molecular complexity index is 451. The van der Waals surface area contributed by atoms with Crippen molar-refractivity contribution >= 4 is 5.91 Å². The van der Waals surface area contributed by atoms with Crippen molar-refractivity contribution in [2.75, 3.05) is 6.54 Å². The van der Waals surface area contributed by atoms with Crippen molar-refractivity contribution < 1.29 is 18.3 Å². The van der Waals surface area contributed by atoms with Crippen molar-refractivity contribution in [3.8, 4) is 5.75 Å². The zero-order chi connectivity index (χ0) is 14.5. The van der Waals surface area contributed by atoms with Crippen LogP contribution in [-0.4, -0.2) is 31.1 Å². The SMILES string of the molecule is CC1CC(NC(=O)c2ccc(OC(F)F)cc2)CCN1. The van der Waals surface area contributed by atoms with E-state index in [1.54, 1.807) is 0 Å². The normalized spacial score (nSPS) is 22.6. The molecule has 2 N–H and O–H groups in total. The lowest BCUT2D eigenvalue weighted by Crippen LogP contribution is -2.46. The van der Waals surface area contributed by atoms with Gasteiger partial charge in [0.2, 0.25) is 0 Å². The van der Waals surface area contributed by atoms with E-state index in [9.17, 15) is 13.6 Å². The first-order chi connectivity index (χ1) is 9.54. The maximum atomic E-state index is 12.0. The number of hydrogen-bond acceptors (Lipinski definition) is 3. The van der Waals surface area contributed by atoms with Crippen molar-refractivity contribution in [2.24, 2.45) is 0 Å². The number of alkyl halides is 2. The average molecular weight is 284 g/mol. The third kappa shape index (κ3) is 4.16. The van der Waals surface area contributed by atoms with Gasteiger partial charge in [0.1, 0.15) is 5.75 Å². The fourth-order valence-corrected chi connectivity index (χ4v) is 2.32. The van der Waals surface area contributed by atoms with E-state index in [-0.39, 0.29) is 17.7 Å². The predicted molar refractivity (Wildman–Crippen MR) is 71.0 cm³/mol. The number of nitrogens with one attached hydrogen (secondary N) is 2. The molecule has 1 amide bonds. The number of piperidine rings is 1. The molecule has 1 fully saturated rings. The lowest BCUT2D eigenvalue weighted by molar-refractivity contribution is -0.0498. The zero-order valence-corrected chi connectivity index (χ0v) is 11.2. The fourth-order valence-electron chi connectivity index (χ4n) is 2.32. The minimum absolute atomic E-state index is 0.0482. The second-order valence-corrected chi connectivity index (χ2v) is 4.95. The van der Waals surface area contributed by atoms with Crippen LogP contribution >= 0.6 is 0 Å².